The standard InChI is InChI=1S/C15H16N4O/c1-10-11(2)14(20-3)6-4-12(10)13-5-7-15(19-18-13)17-9-8-16/h4-7H,9H2,1-3H3,(H,17,19). The molecule has 0 aliphatic rings. The van der Waals surface area contributed by atoms with Crippen molar-refractivity contribution in [3.63, 3.8) is 0 Å². The molecule has 1 aromatic carbocycles. The van der Waals surface area contributed by atoms with Crippen LogP contribution in [-0.2, 0) is 0 Å². The highest BCUT2D eigenvalue weighted by Gasteiger charge is 2.09. The molecule has 102 valence electrons. The molecule has 0 unspecified atom stereocenters. The zero-order valence-electron chi connectivity index (χ0n) is 11.8. The summed E-state index contributed by atoms with van der Waals surface area (Å²) in [4.78, 5) is 0. The Kier molecular flexibility index (Phi) is 4.16. The highest BCUT2D eigenvalue weighted by molar-refractivity contribution is 5.67. The van der Waals surface area contributed by atoms with Crippen LogP contribution in [0.2, 0.25) is 0 Å². The molecule has 5 heteroatoms. The number of benzene rings is 1. The maximum absolute atomic E-state index is 8.50. The van der Waals surface area contributed by atoms with E-state index < -0.39 is 0 Å². The van der Waals surface area contributed by atoms with Gasteiger partial charge in [0.2, 0.25) is 0 Å². The smallest absolute Gasteiger partial charge is 0.149 e. The van der Waals surface area contributed by atoms with E-state index in [2.05, 4.69) is 15.5 Å². The molecule has 2 aromatic rings. The number of rotatable bonds is 4. The van der Waals surface area contributed by atoms with Crippen LogP contribution in [0.3, 0.4) is 0 Å². The van der Waals surface area contributed by atoms with E-state index in [4.69, 9.17) is 10.00 Å². The van der Waals surface area contributed by atoms with Crippen molar-refractivity contribution in [1.82, 2.24) is 10.2 Å². The zero-order chi connectivity index (χ0) is 14.5. The second kappa shape index (κ2) is 6.02. The van der Waals surface area contributed by atoms with Crippen molar-refractivity contribution in [2.45, 2.75) is 13.8 Å². The molecule has 0 fully saturated rings. The third kappa shape index (κ3) is 2.69. The van der Waals surface area contributed by atoms with Gasteiger partial charge in [0.05, 0.1) is 18.9 Å². The van der Waals surface area contributed by atoms with Crippen LogP contribution in [0.5, 0.6) is 5.75 Å². The van der Waals surface area contributed by atoms with Gasteiger partial charge in [0, 0.05) is 5.56 Å². The van der Waals surface area contributed by atoms with Crippen molar-refractivity contribution in [2.75, 3.05) is 19.0 Å². The lowest BCUT2D eigenvalue weighted by molar-refractivity contribution is 0.411. The minimum absolute atomic E-state index is 0.217. The molecule has 0 saturated heterocycles. The fraction of sp³-hybridized carbons (Fsp3) is 0.267. The summed E-state index contributed by atoms with van der Waals surface area (Å²) >= 11 is 0. The number of anilines is 1. The molecule has 0 radical (unpaired) electrons. The molecular formula is C15H16N4O. The van der Waals surface area contributed by atoms with Crippen LogP contribution in [0.4, 0.5) is 5.82 Å². The monoisotopic (exact) mass is 268 g/mol. The van der Waals surface area contributed by atoms with Crippen LogP contribution in [0.25, 0.3) is 11.3 Å². The van der Waals surface area contributed by atoms with Gasteiger partial charge in [0.25, 0.3) is 0 Å². The normalized spacial score (nSPS) is 9.90. The molecule has 1 aromatic heterocycles. The predicted octanol–water partition coefficient (Wildman–Crippen LogP) is 2.70. The molecule has 0 aliphatic carbocycles. The molecule has 0 aliphatic heterocycles. The average Bonchev–Trinajstić information content (AvgIpc) is 2.48. The number of methoxy groups -OCH3 is 1. The molecule has 20 heavy (non-hydrogen) atoms. The molecule has 0 amide bonds. The number of hydrogen-bond acceptors (Lipinski definition) is 5. The third-order valence-electron chi connectivity index (χ3n) is 3.25. The SMILES string of the molecule is COc1ccc(-c2ccc(NCC#N)nn2)c(C)c1C. The van der Waals surface area contributed by atoms with Crippen molar-refractivity contribution >= 4 is 5.82 Å². The first-order chi connectivity index (χ1) is 9.67. The molecule has 0 saturated carbocycles. The topological polar surface area (TPSA) is 70.8 Å². The summed E-state index contributed by atoms with van der Waals surface area (Å²) in [6.45, 7) is 4.28. The van der Waals surface area contributed by atoms with Gasteiger partial charge in [-0.3, -0.25) is 0 Å². The largest absolute Gasteiger partial charge is 0.496 e. The minimum atomic E-state index is 0.217. The second-order valence-electron chi connectivity index (χ2n) is 4.38. The Morgan fingerprint density at radius 1 is 1.15 bits per heavy atom. The van der Waals surface area contributed by atoms with E-state index in [1.165, 1.54) is 0 Å². The minimum Gasteiger partial charge on any atom is -0.496 e. The van der Waals surface area contributed by atoms with Crippen molar-refractivity contribution in [1.29, 1.82) is 5.26 Å². The summed E-state index contributed by atoms with van der Waals surface area (Å²) in [5, 5.41) is 19.6. The van der Waals surface area contributed by atoms with E-state index in [1.807, 2.05) is 44.2 Å². The lowest BCUT2D eigenvalue weighted by Gasteiger charge is -2.12. The Bertz CT molecular complexity index is 644. The van der Waals surface area contributed by atoms with Gasteiger partial charge >= 0.3 is 0 Å². The Hall–Kier alpha value is -2.61. The highest BCUT2D eigenvalue weighted by Crippen LogP contribution is 2.29. The van der Waals surface area contributed by atoms with Crippen molar-refractivity contribution in [3.8, 4) is 23.1 Å². The van der Waals surface area contributed by atoms with Crippen LogP contribution in [-0.4, -0.2) is 23.9 Å². The molecular weight excluding hydrogens is 252 g/mol. The van der Waals surface area contributed by atoms with Crippen LogP contribution in [0, 0.1) is 25.2 Å². The molecule has 1 N–H and O–H groups in total. The Morgan fingerprint density at radius 2 is 1.95 bits per heavy atom. The molecule has 0 spiro atoms. The number of aromatic nitrogens is 2. The number of nitrogens with zero attached hydrogens (tertiary/aromatic N) is 3. The lowest BCUT2D eigenvalue weighted by atomic mass is 10.00. The Labute approximate surface area is 118 Å². The highest BCUT2D eigenvalue weighted by atomic mass is 16.5. The van der Waals surface area contributed by atoms with Crippen LogP contribution in [0.15, 0.2) is 24.3 Å². The van der Waals surface area contributed by atoms with Gasteiger partial charge < -0.3 is 10.1 Å². The lowest BCUT2D eigenvalue weighted by Crippen LogP contribution is -2.02. The third-order valence-corrected chi connectivity index (χ3v) is 3.25. The number of nitrogens with one attached hydrogen (secondary N) is 1. The van der Waals surface area contributed by atoms with Gasteiger partial charge in [-0.2, -0.15) is 5.26 Å². The molecule has 2 rings (SSSR count). The predicted molar refractivity (Wildman–Crippen MR) is 77.6 cm³/mol. The summed E-state index contributed by atoms with van der Waals surface area (Å²) in [5.41, 5.74) is 4.05. The van der Waals surface area contributed by atoms with E-state index >= 15 is 0 Å². The molecule has 5 nitrogen and oxygen atoms in total. The molecule has 1 heterocycles. The fourth-order valence-corrected chi connectivity index (χ4v) is 1.99. The van der Waals surface area contributed by atoms with E-state index in [0.717, 1.165) is 28.1 Å². The zero-order valence-corrected chi connectivity index (χ0v) is 11.8. The number of nitriles is 1. The van der Waals surface area contributed by atoms with E-state index in [9.17, 15) is 0 Å². The van der Waals surface area contributed by atoms with Gasteiger partial charge in [-0.25, -0.2) is 0 Å². The quantitative estimate of drug-likeness (QED) is 0.863. The molecule has 0 bridgehead atoms. The van der Waals surface area contributed by atoms with Gasteiger partial charge in [-0.15, -0.1) is 10.2 Å². The first-order valence-electron chi connectivity index (χ1n) is 6.26. The summed E-state index contributed by atoms with van der Waals surface area (Å²) in [6.07, 6.45) is 0. The van der Waals surface area contributed by atoms with E-state index in [-0.39, 0.29) is 6.54 Å². The number of ether oxygens (including phenoxy) is 1. The van der Waals surface area contributed by atoms with Crippen LogP contribution in [0.1, 0.15) is 11.1 Å². The summed E-state index contributed by atoms with van der Waals surface area (Å²) in [5.74, 6) is 1.46. The van der Waals surface area contributed by atoms with Gasteiger partial charge in [0.15, 0.2) is 0 Å². The molecule has 0 atom stereocenters. The van der Waals surface area contributed by atoms with Crippen molar-refractivity contribution in [3.05, 3.63) is 35.4 Å². The van der Waals surface area contributed by atoms with Crippen molar-refractivity contribution < 1.29 is 4.74 Å². The average molecular weight is 268 g/mol. The van der Waals surface area contributed by atoms with Gasteiger partial charge in [0.1, 0.15) is 18.1 Å². The second-order valence-corrected chi connectivity index (χ2v) is 4.38. The number of hydrogen-bond donors (Lipinski definition) is 1. The van der Waals surface area contributed by atoms with E-state index in [1.54, 1.807) is 7.11 Å². The summed E-state index contributed by atoms with van der Waals surface area (Å²) in [6, 6.07) is 9.62. The van der Waals surface area contributed by atoms with Gasteiger partial charge in [-0.1, -0.05) is 0 Å². The van der Waals surface area contributed by atoms with E-state index in [0.29, 0.717) is 5.82 Å². The summed E-state index contributed by atoms with van der Waals surface area (Å²) < 4.78 is 5.30. The van der Waals surface area contributed by atoms with Gasteiger partial charge in [-0.05, 0) is 49.2 Å². The van der Waals surface area contributed by atoms with Crippen LogP contribution >= 0.6 is 0 Å². The Balaban J connectivity index is 2.33. The maximum atomic E-state index is 8.50. The maximum Gasteiger partial charge on any atom is 0.149 e. The van der Waals surface area contributed by atoms with Crippen molar-refractivity contribution in [2.24, 2.45) is 0 Å². The van der Waals surface area contributed by atoms with Crippen LogP contribution < -0.4 is 10.1 Å². The fourth-order valence-electron chi connectivity index (χ4n) is 1.99. The Morgan fingerprint density at radius 3 is 2.55 bits per heavy atom. The summed E-state index contributed by atoms with van der Waals surface area (Å²) in [7, 11) is 1.66. The first-order valence-corrected chi connectivity index (χ1v) is 6.26. The first kappa shape index (κ1) is 13.8.